The molecule has 150 valence electrons. The summed E-state index contributed by atoms with van der Waals surface area (Å²) in [4.78, 5) is 7.18. The van der Waals surface area contributed by atoms with Crippen LogP contribution in [0.2, 0.25) is 0 Å². The molecule has 2 heterocycles. The lowest BCUT2D eigenvalue weighted by Gasteiger charge is -2.21. The van der Waals surface area contributed by atoms with E-state index in [1.165, 1.54) is 6.42 Å². The molecular weight excluding hydrogens is 338 g/mol. The first-order valence-electron chi connectivity index (χ1n) is 10.2. The second-order valence-corrected chi connectivity index (χ2v) is 6.77. The van der Waals surface area contributed by atoms with Crippen molar-refractivity contribution in [1.82, 2.24) is 30.1 Å². The van der Waals surface area contributed by atoms with Crippen LogP contribution in [0, 0.1) is 0 Å². The minimum absolute atomic E-state index is 0.396. The molecule has 2 aromatic heterocycles. The second-order valence-electron chi connectivity index (χ2n) is 6.77. The SMILES string of the molecule is CCNC(=NCCc1nnc2ccccn12)NC(C)CCCN(CC)CC. The predicted octanol–water partition coefficient (Wildman–Crippen LogP) is 2.34. The average Bonchev–Trinajstić information content (AvgIpc) is 3.09. The van der Waals surface area contributed by atoms with E-state index >= 15 is 0 Å². The topological polar surface area (TPSA) is 69.8 Å². The molecule has 0 bridgehead atoms. The molecule has 0 aliphatic rings. The van der Waals surface area contributed by atoms with Gasteiger partial charge in [0.25, 0.3) is 0 Å². The number of nitrogens with one attached hydrogen (secondary N) is 2. The first-order chi connectivity index (χ1) is 13.2. The van der Waals surface area contributed by atoms with Crippen LogP contribution in [0.25, 0.3) is 5.65 Å². The van der Waals surface area contributed by atoms with E-state index in [1.807, 2.05) is 28.8 Å². The molecule has 1 atom stereocenters. The van der Waals surface area contributed by atoms with E-state index in [2.05, 4.69) is 53.4 Å². The number of hydrogen-bond donors (Lipinski definition) is 2. The Balaban J connectivity index is 1.82. The molecular formula is C20H35N7. The van der Waals surface area contributed by atoms with Gasteiger partial charge in [-0.05, 0) is 58.5 Å². The quantitative estimate of drug-likeness (QED) is 0.467. The van der Waals surface area contributed by atoms with Crippen LogP contribution in [0.5, 0.6) is 0 Å². The maximum absolute atomic E-state index is 4.71. The summed E-state index contributed by atoms with van der Waals surface area (Å²) in [6.45, 7) is 13.7. The van der Waals surface area contributed by atoms with E-state index in [0.717, 1.165) is 56.5 Å². The van der Waals surface area contributed by atoms with Gasteiger partial charge in [-0.1, -0.05) is 19.9 Å². The fourth-order valence-electron chi connectivity index (χ4n) is 3.12. The molecule has 0 amide bonds. The molecule has 27 heavy (non-hydrogen) atoms. The highest BCUT2D eigenvalue weighted by Crippen LogP contribution is 2.04. The Kier molecular flexibility index (Phi) is 9.04. The van der Waals surface area contributed by atoms with Crippen LogP contribution in [-0.2, 0) is 6.42 Å². The smallest absolute Gasteiger partial charge is 0.191 e. The number of fused-ring (bicyclic) bond motifs is 1. The van der Waals surface area contributed by atoms with Gasteiger partial charge in [-0.2, -0.15) is 0 Å². The van der Waals surface area contributed by atoms with Crippen molar-refractivity contribution in [2.45, 2.75) is 53.0 Å². The highest BCUT2D eigenvalue weighted by molar-refractivity contribution is 5.80. The normalized spacial score (nSPS) is 13.3. The summed E-state index contributed by atoms with van der Waals surface area (Å²) in [6.07, 6.45) is 5.09. The molecule has 7 nitrogen and oxygen atoms in total. The number of rotatable bonds is 11. The predicted molar refractivity (Wildman–Crippen MR) is 112 cm³/mol. The van der Waals surface area contributed by atoms with Crippen molar-refractivity contribution in [2.75, 3.05) is 32.7 Å². The van der Waals surface area contributed by atoms with Gasteiger partial charge >= 0.3 is 0 Å². The Hall–Kier alpha value is -2.15. The Morgan fingerprint density at radius 2 is 2.04 bits per heavy atom. The van der Waals surface area contributed by atoms with Crippen LogP contribution in [-0.4, -0.2) is 64.2 Å². The Morgan fingerprint density at radius 1 is 1.22 bits per heavy atom. The zero-order chi connectivity index (χ0) is 19.5. The van der Waals surface area contributed by atoms with Gasteiger partial charge in [0.15, 0.2) is 11.6 Å². The molecule has 0 radical (unpaired) electrons. The van der Waals surface area contributed by atoms with Crippen molar-refractivity contribution in [3.05, 3.63) is 30.2 Å². The largest absolute Gasteiger partial charge is 0.357 e. The minimum Gasteiger partial charge on any atom is -0.357 e. The monoisotopic (exact) mass is 373 g/mol. The summed E-state index contributed by atoms with van der Waals surface area (Å²) in [5.74, 6) is 1.82. The van der Waals surface area contributed by atoms with Gasteiger partial charge in [0, 0.05) is 31.7 Å². The molecule has 2 rings (SSSR count). The molecule has 0 saturated carbocycles. The fourth-order valence-corrected chi connectivity index (χ4v) is 3.12. The van der Waals surface area contributed by atoms with E-state index in [4.69, 9.17) is 4.99 Å². The standard InChI is InChI=1S/C20H35N7/c1-5-21-20(23-17(4)11-10-15-26(6-2)7-3)22-14-13-19-25-24-18-12-8-9-16-27(18)19/h8-9,12,16-17H,5-7,10-11,13-15H2,1-4H3,(H2,21,22,23). The third-order valence-electron chi connectivity index (χ3n) is 4.72. The third kappa shape index (κ3) is 6.82. The Labute approximate surface area is 163 Å². The molecule has 0 saturated heterocycles. The van der Waals surface area contributed by atoms with Gasteiger partial charge in [-0.3, -0.25) is 9.39 Å². The second kappa shape index (κ2) is 11.5. The van der Waals surface area contributed by atoms with Crippen molar-refractivity contribution in [1.29, 1.82) is 0 Å². The minimum atomic E-state index is 0.396. The van der Waals surface area contributed by atoms with Crippen LogP contribution >= 0.6 is 0 Å². The summed E-state index contributed by atoms with van der Waals surface area (Å²) in [5.41, 5.74) is 0.878. The van der Waals surface area contributed by atoms with Crippen LogP contribution in [0.3, 0.4) is 0 Å². The van der Waals surface area contributed by atoms with Crippen molar-refractivity contribution in [2.24, 2.45) is 4.99 Å². The first-order valence-corrected chi connectivity index (χ1v) is 10.2. The average molecular weight is 374 g/mol. The molecule has 0 aromatic carbocycles. The van der Waals surface area contributed by atoms with Gasteiger partial charge in [0.05, 0.1) is 0 Å². The first kappa shape index (κ1) is 21.2. The van der Waals surface area contributed by atoms with Crippen molar-refractivity contribution >= 4 is 11.6 Å². The molecule has 2 aromatic rings. The van der Waals surface area contributed by atoms with Gasteiger partial charge in [-0.25, -0.2) is 0 Å². The highest BCUT2D eigenvalue weighted by atomic mass is 15.2. The Bertz CT molecular complexity index is 690. The third-order valence-corrected chi connectivity index (χ3v) is 4.72. The van der Waals surface area contributed by atoms with Gasteiger partial charge in [-0.15, -0.1) is 10.2 Å². The lowest BCUT2D eigenvalue weighted by Crippen LogP contribution is -2.42. The number of aliphatic imine (C=N–C) groups is 1. The van der Waals surface area contributed by atoms with E-state index in [0.29, 0.717) is 12.6 Å². The maximum atomic E-state index is 4.71. The van der Waals surface area contributed by atoms with Crippen LogP contribution < -0.4 is 10.6 Å². The van der Waals surface area contributed by atoms with E-state index < -0.39 is 0 Å². The van der Waals surface area contributed by atoms with Crippen LogP contribution in [0.15, 0.2) is 29.4 Å². The van der Waals surface area contributed by atoms with E-state index in [1.54, 1.807) is 0 Å². The lowest BCUT2D eigenvalue weighted by atomic mass is 10.2. The number of aromatic nitrogens is 3. The maximum Gasteiger partial charge on any atom is 0.191 e. The summed E-state index contributed by atoms with van der Waals surface area (Å²) < 4.78 is 2.02. The molecule has 0 fully saturated rings. The zero-order valence-electron chi connectivity index (χ0n) is 17.3. The molecule has 0 spiro atoms. The van der Waals surface area contributed by atoms with Crippen molar-refractivity contribution in [3.63, 3.8) is 0 Å². The Morgan fingerprint density at radius 3 is 2.78 bits per heavy atom. The van der Waals surface area contributed by atoms with Crippen LogP contribution in [0.4, 0.5) is 0 Å². The lowest BCUT2D eigenvalue weighted by molar-refractivity contribution is 0.292. The van der Waals surface area contributed by atoms with Crippen LogP contribution in [0.1, 0.15) is 46.4 Å². The number of hydrogen-bond acceptors (Lipinski definition) is 4. The summed E-state index contributed by atoms with van der Waals surface area (Å²) in [6, 6.07) is 6.33. The molecule has 0 aliphatic heterocycles. The van der Waals surface area contributed by atoms with Crippen molar-refractivity contribution < 1.29 is 0 Å². The van der Waals surface area contributed by atoms with E-state index in [-0.39, 0.29) is 0 Å². The highest BCUT2D eigenvalue weighted by Gasteiger charge is 2.08. The fraction of sp³-hybridized carbons (Fsp3) is 0.650. The molecule has 2 N–H and O–H groups in total. The van der Waals surface area contributed by atoms with E-state index in [9.17, 15) is 0 Å². The number of guanidine groups is 1. The van der Waals surface area contributed by atoms with Gasteiger partial charge < -0.3 is 15.5 Å². The summed E-state index contributed by atoms with van der Waals surface area (Å²) in [5, 5.41) is 15.3. The molecule has 0 aliphatic carbocycles. The number of pyridine rings is 1. The molecule has 7 heteroatoms. The van der Waals surface area contributed by atoms with Gasteiger partial charge in [0.2, 0.25) is 0 Å². The van der Waals surface area contributed by atoms with Crippen molar-refractivity contribution in [3.8, 4) is 0 Å². The zero-order valence-corrected chi connectivity index (χ0v) is 17.3. The number of nitrogens with zero attached hydrogens (tertiary/aromatic N) is 5. The molecule has 1 unspecified atom stereocenters. The van der Waals surface area contributed by atoms with Gasteiger partial charge in [0.1, 0.15) is 5.82 Å². The summed E-state index contributed by atoms with van der Waals surface area (Å²) in [7, 11) is 0. The summed E-state index contributed by atoms with van der Waals surface area (Å²) >= 11 is 0.